The molecule has 1 aromatic carbocycles. The van der Waals surface area contributed by atoms with Crippen LogP contribution in [-0.2, 0) is 0 Å². The van der Waals surface area contributed by atoms with Crippen LogP contribution >= 0.6 is 0 Å². The first-order valence-electron chi connectivity index (χ1n) is 2.82. The Bertz CT molecular complexity index is 240. The van der Waals surface area contributed by atoms with Crippen molar-refractivity contribution >= 4 is 0 Å². The minimum Gasteiger partial charge on any atom is -0.0608 e. The van der Waals surface area contributed by atoms with E-state index in [0.29, 0.717) is 0 Å². The minimum atomic E-state index is 0.843. The predicted molar refractivity (Wildman–Crippen MR) is 37.4 cm³/mol. The maximum Gasteiger partial charge on any atom is 0.0258 e. The first-order valence-corrected chi connectivity index (χ1v) is 2.82. The second kappa shape index (κ2) is 2.37. The smallest absolute Gasteiger partial charge is 0.0258 e. The topological polar surface area (TPSA) is 0 Å². The summed E-state index contributed by atoms with van der Waals surface area (Å²) in [6, 6.07) is 7.71. The highest BCUT2D eigenvalue weighted by atomic mass is 13.9. The molecule has 0 nitrogen and oxygen atoms in total. The number of hydrogen-bond donors (Lipinski definition) is 0. The molecule has 0 unspecified atom stereocenters. The molecule has 0 saturated carbocycles. The summed E-state index contributed by atoms with van der Waals surface area (Å²) in [5.41, 5.74) is 2.02. The molecule has 0 aromatic heterocycles. The summed E-state index contributed by atoms with van der Waals surface area (Å²) in [4.78, 5) is 0. The summed E-state index contributed by atoms with van der Waals surface area (Å²) >= 11 is 0. The van der Waals surface area contributed by atoms with Crippen molar-refractivity contribution in [3.8, 4) is 5.92 Å². The fraction of sp³-hybridized carbons (Fsp3) is 0.111. The maximum absolute atomic E-state index is 6.79. The molecule has 0 aliphatic heterocycles. The van der Waals surface area contributed by atoms with Crippen LogP contribution in [-0.4, -0.2) is 0 Å². The van der Waals surface area contributed by atoms with Crippen molar-refractivity contribution in [1.82, 2.24) is 0 Å². The van der Waals surface area contributed by atoms with Gasteiger partial charge in [-0.1, -0.05) is 18.1 Å². The van der Waals surface area contributed by atoms with Crippen molar-refractivity contribution in [3.05, 3.63) is 41.8 Å². The molecule has 9 heavy (non-hydrogen) atoms. The van der Waals surface area contributed by atoms with Crippen molar-refractivity contribution in [2.24, 2.45) is 0 Å². The lowest BCUT2D eigenvalue weighted by Gasteiger charge is -1.90. The molecule has 0 heteroatoms. The Balaban J connectivity index is 3.12. The molecule has 1 radical (unpaired) electrons. The second-order valence-corrected chi connectivity index (χ2v) is 1.99. The van der Waals surface area contributed by atoms with Crippen molar-refractivity contribution in [3.63, 3.8) is 0 Å². The van der Waals surface area contributed by atoms with Crippen LogP contribution in [0.15, 0.2) is 24.3 Å². The Morgan fingerprint density at radius 2 is 2.22 bits per heavy atom. The van der Waals surface area contributed by atoms with E-state index in [1.165, 1.54) is 5.56 Å². The molecule has 0 spiro atoms. The summed E-state index contributed by atoms with van der Waals surface area (Å²) in [7, 11) is 0. The van der Waals surface area contributed by atoms with E-state index in [-0.39, 0.29) is 0 Å². The van der Waals surface area contributed by atoms with Gasteiger partial charge in [0.2, 0.25) is 0 Å². The molecule has 0 atom stereocenters. The highest BCUT2D eigenvalue weighted by molar-refractivity contribution is 5.33. The van der Waals surface area contributed by atoms with Gasteiger partial charge < -0.3 is 0 Å². The third-order valence-electron chi connectivity index (χ3n) is 1.16. The highest BCUT2D eigenvalue weighted by Gasteiger charge is 1.84. The zero-order valence-corrected chi connectivity index (χ0v) is 5.31. The summed E-state index contributed by atoms with van der Waals surface area (Å²) in [6.45, 7) is 2.00. The van der Waals surface area contributed by atoms with Crippen LogP contribution in [0.3, 0.4) is 0 Å². The van der Waals surface area contributed by atoms with Gasteiger partial charge in [-0.25, -0.2) is 0 Å². The first-order chi connectivity index (χ1) is 4.33. The van der Waals surface area contributed by atoms with E-state index >= 15 is 0 Å². The van der Waals surface area contributed by atoms with Gasteiger partial charge in [0, 0.05) is 5.56 Å². The standard InChI is InChI=1S/C9H7/c1-3-9-6-4-5-8(2)7-9/h4-7H,2H3. The molecular weight excluding hydrogens is 108 g/mol. The van der Waals surface area contributed by atoms with Gasteiger partial charge in [-0.2, -0.15) is 0 Å². The summed E-state index contributed by atoms with van der Waals surface area (Å²) in [5, 5.41) is 0. The SMILES string of the molecule is [C]#Cc1cccc(C)c1. The molecule has 0 saturated heterocycles. The molecule has 0 aliphatic carbocycles. The fourth-order valence-electron chi connectivity index (χ4n) is 0.723. The van der Waals surface area contributed by atoms with Crippen LogP contribution in [0.4, 0.5) is 0 Å². The lowest BCUT2D eigenvalue weighted by Crippen LogP contribution is -1.73. The van der Waals surface area contributed by atoms with Crippen LogP contribution in [0, 0.1) is 19.3 Å². The maximum atomic E-state index is 6.79. The quantitative estimate of drug-likeness (QED) is 0.453. The Labute approximate surface area is 55.5 Å². The highest BCUT2D eigenvalue weighted by Crippen LogP contribution is 2.00. The molecular formula is C9H7. The van der Waals surface area contributed by atoms with E-state index in [1.807, 2.05) is 31.2 Å². The normalized spacial score (nSPS) is 8.44. The summed E-state index contributed by atoms with van der Waals surface area (Å²) < 4.78 is 0. The molecule has 0 fully saturated rings. The molecule has 0 heterocycles. The molecule has 43 valence electrons. The second-order valence-electron chi connectivity index (χ2n) is 1.99. The van der Waals surface area contributed by atoms with Gasteiger partial charge in [0.1, 0.15) is 0 Å². The van der Waals surface area contributed by atoms with E-state index in [4.69, 9.17) is 6.42 Å². The molecule has 0 amide bonds. The first kappa shape index (κ1) is 5.91. The Morgan fingerprint density at radius 1 is 1.44 bits per heavy atom. The van der Waals surface area contributed by atoms with Gasteiger partial charge in [0.15, 0.2) is 0 Å². The van der Waals surface area contributed by atoms with E-state index in [9.17, 15) is 0 Å². The van der Waals surface area contributed by atoms with Gasteiger partial charge in [0.25, 0.3) is 0 Å². The Kier molecular flexibility index (Phi) is 1.55. The monoisotopic (exact) mass is 115 g/mol. The van der Waals surface area contributed by atoms with Crippen LogP contribution in [0.1, 0.15) is 11.1 Å². The number of rotatable bonds is 0. The Hall–Kier alpha value is -1.22. The van der Waals surface area contributed by atoms with Gasteiger partial charge in [-0.3, -0.25) is 0 Å². The van der Waals surface area contributed by atoms with Crippen LogP contribution in [0.2, 0.25) is 0 Å². The number of benzene rings is 1. The molecule has 1 aromatic rings. The van der Waals surface area contributed by atoms with Crippen LogP contribution in [0.5, 0.6) is 0 Å². The van der Waals surface area contributed by atoms with E-state index in [2.05, 4.69) is 5.92 Å². The third kappa shape index (κ3) is 1.33. The summed E-state index contributed by atoms with van der Waals surface area (Å²) in [6.07, 6.45) is 6.79. The van der Waals surface area contributed by atoms with Crippen molar-refractivity contribution in [1.29, 1.82) is 0 Å². The van der Waals surface area contributed by atoms with E-state index in [1.54, 1.807) is 0 Å². The van der Waals surface area contributed by atoms with Gasteiger partial charge in [0.05, 0.1) is 0 Å². The molecule has 0 bridgehead atoms. The van der Waals surface area contributed by atoms with Crippen molar-refractivity contribution in [2.45, 2.75) is 6.92 Å². The zero-order chi connectivity index (χ0) is 6.69. The van der Waals surface area contributed by atoms with Crippen LogP contribution in [0.25, 0.3) is 0 Å². The minimum absolute atomic E-state index is 0.843. The summed E-state index contributed by atoms with van der Waals surface area (Å²) in [5.74, 6) is 2.32. The predicted octanol–water partition coefficient (Wildman–Crippen LogP) is 1.93. The largest absolute Gasteiger partial charge is 0.0608 e. The van der Waals surface area contributed by atoms with Gasteiger partial charge >= 0.3 is 0 Å². The average Bonchev–Trinajstić information content (AvgIpc) is 1.88. The zero-order valence-electron chi connectivity index (χ0n) is 5.31. The van der Waals surface area contributed by atoms with Gasteiger partial charge in [-0.15, -0.1) is 0 Å². The lowest BCUT2D eigenvalue weighted by atomic mass is 10.1. The third-order valence-corrected chi connectivity index (χ3v) is 1.16. The lowest BCUT2D eigenvalue weighted by molar-refractivity contribution is 1.46. The van der Waals surface area contributed by atoms with E-state index < -0.39 is 0 Å². The molecule has 0 N–H and O–H groups in total. The molecule has 0 aliphatic rings. The number of hydrogen-bond acceptors (Lipinski definition) is 0. The fourth-order valence-corrected chi connectivity index (χ4v) is 0.723. The molecule has 1 rings (SSSR count). The average molecular weight is 115 g/mol. The Morgan fingerprint density at radius 3 is 2.67 bits per heavy atom. The van der Waals surface area contributed by atoms with Gasteiger partial charge in [-0.05, 0) is 31.0 Å². The number of aryl methyl sites for hydroxylation is 1. The van der Waals surface area contributed by atoms with Crippen molar-refractivity contribution in [2.75, 3.05) is 0 Å². The van der Waals surface area contributed by atoms with Crippen LogP contribution < -0.4 is 0 Å². The van der Waals surface area contributed by atoms with E-state index in [0.717, 1.165) is 5.56 Å². The van der Waals surface area contributed by atoms with Crippen molar-refractivity contribution < 1.29 is 0 Å².